The number of hydrogen-bond acceptors (Lipinski definition) is 5. The molecule has 0 saturated carbocycles. The van der Waals surface area contributed by atoms with Crippen LogP contribution in [0, 0.1) is 12.8 Å². The molecule has 140 valence electrons. The second kappa shape index (κ2) is 7.85. The van der Waals surface area contributed by atoms with Crippen molar-refractivity contribution in [3.63, 3.8) is 0 Å². The molecule has 8 heteroatoms. The summed E-state index contributed by atoms with van der Waals surface area (Å²) in [5, 5.41) is 5.57. The number of aryl methyl sites for hydroxylation is 1. The van der Waals surface area contributed by atoms with Crippen LogP contribution in [0.1, 0.15) is 30.5 Å². The third kappa shape index (κ3) is 4.49. The van der Waals surface area contributed by atoms with Gasteiger partial charge in [-0.1, -0.05) is 6.92 Å². The van der Waals surface area contributed by atoms with Crippen molar-refractivity contribution >= 4 is 33.0 Å². The Kier molecular flexibility index (Phi) is 5.74. The van der Waals surface area contributed by atoms with Gasteiger partial charge in [0.1, 0.15) is 0 Å². The number of nitrogens with zero attached hydrogens (tertiary/aromatic N) is 2. The molecule has 0 atom stereocenters. The van der Waals surface area contributed by atoms with Crippen molar-refractivity contribution in [1.82, 2.24) is 9.29 Å². The quantitative estimate of drug-likeness (QED) is 0.847. The first-order valence-corrected chi connectivity index (χ1v) is 11.0. The molecular formula is C18H23N3O3S2. The van der Waals surface area contributed by atoms with Gasteiger partial charge in [0.2, 0.25) is 15.9 Å². The summed E-state index contributed by atoms with van der Waals surface area (Å²) in [4.78, 5) is 16.6. The molecule has 26 heavy (non-hydrogen) atoms. The van der Waals surface area contributed by atoms with Gasteiger partial charge in [-0.2, -0.15) is 4.31 Å². The average Bonchev–Trinajstić information content (AvgIpc) is 3.00. The zero-order chi connectivity index (χ0) is 18.7. The van der Waals surface area contributed by atoms with Crippen molar-refractivity contribution in [2.75, 3.05) is 18.4 Å². The largest absolute Gasteiger partial charge is 0.326 e. The topological polar surface area (TPSA) is 79.4 Å². The summed E-state index contributed by atoms with van der Waals surface area (Å²) >= 11 is 1.51. The van der Waals surface area contributed by atoms with Gasteiger partial charge in [0, 0.05) is 24.2 Å². The summed E-state index contributed by atoms with van der Waals surface area (Å²) in [6.07, 6.45) is 1.99. The molecule has 1 aliphatic heterocycles. The lowest BCUT2D eigenvalue weighted by molar-refractivity contribution is -0.115. The van der Waals surface area contributed by atoms with E-state index in [4.69, 9.17) is 0 Å². The number of sulfonamides is 1. The molecule has 1 aromatic heterocycles. The Labute approximate surface area is 158 Å². The SMILES string of the molecule is Cc1nc(CC(=O)Nc2ccc(S(=O)(=O)N3CCC(C)CC3)cc2)cs1. The first kappa shape index (κ1) is 19.0. The van der Waals surface area contributed by atoms with Crippen molar-refractivity contribution in [3.8, 4) is 0 Å². The summed E-state index contributed by atoms with van der Waals surface area (Å²) in [6, 6.07) is 6.36. The maximum atomic E-state index is 12.7. The molecule has 1 amide bonds. The molecule has 0 unspecified atom stereocenters. The molecule has 6 nitrogen and oxygen atoms in total. The molecule has 0 bridgehead atoms. The van der Waals surface area contributed by atoms with Crippen LogP contribution in [0.3, 0.4) is 0 Å². The highest BCUT2D eigenvalue weighted by Gasteiger charge is 2.27. The highest BCUT2D eigenvalue weighted by atomic mass is 32.2. The molecule has 2 aromatic rings. The van der Waals surface area contributed by atoms with E-state index in [2.05, 4.69) is 17.2 Å². The van der Waals surface area contributed by atoms with Gasteiger partial charge in [0.15, 0.2) is 0 Å². The van der Waals surface area contributed by atoms with Crippen LogP contribution in [0.5, 0.6) is 0 Å². The molecule has 1 saturated heterocycles. The number of hydrogen-bond donors (Lipinski definition) is 1. The number of aromatic nitrogens is 1. The Bertz CT molecular complexity index is 867. The molecule has 2 heterocycles. The molecule has 1 fully saturated rings. The normalized spacial score (nSPS) is 16.5. The van der Waals surface area contributed by atoms with E-state index in [1.807, 2.05) is 12.3 Å². The molecule has 3 rings (SSSR count). The van der Waals surface area contributed by atoms with Crippen LogP contribution in [0.15, 0.2) is 34.5 Å². The summed E-state index contributed by atoms with van der Waals surface area (Å²) in [7, 11) is -3.46. The summed E-state index contributed by atoms with van der Waals surface area (Å²) in [6.45, 7) is 5.17. The van der Waals surface area contributed by atoms with Crippen LogP contribution in [0.25, 0.3) is 0 Å². The van der Waals surface area contributed by atoms with Gasteiger partial charge in [-0.05, 0) is 49.9 Å². The number of carbonyl (C=O) groups excluding carboxylic acids is 1. The lowest BCUT2D eigenvalue weighted by atomic mass is 10.0. The zero-order valence-corrected chi connectivity index (χ0v) is 16.6. The fourth-order valence-corrected chi connectivity index (χ4v) is 5.03. The number of anilines is 1. The summed E-state index contributed by atoms with van der Waals surface area (Å²) < 4.78 is 27.0. The van der Waals surface area contributed by atoms with Crippen LogP contribution in [0.2, 0.25) is 0 Å². The Balaban J connectivity index is 1.63. The average molecular weight is 394 g/mol. The van der Waals surface area contributed by atoms with Crippen molar-refractivity contribution in [2.24, 2.45) is 5.92 Å². The maximum absolute atomic E-state index is 12.7. The molecule has 0 radical (unpaired) electrons. The number of benzene rings is 1. The first-order valence-electron chi connectivity index (χ1n) is 8.65. The van der Waals surface area contributed by atoms with E-state index in [1.54, 1.807) is 28.6 Å². The van der Waals surface area contributed by atoms with Gasteiger partial charge in [-0.25, -0.2) is 13.4 Å². The molecule has 0 aliphatic carbocycles. The number of piperidine rings is 1. The predicted molar refractivity (Wildman–Crippen MR) is 103 cm³/mol. The predicted octanol–water partition coefficient (Wildman–Crippen LogP) is 3.05. The number of thiazole rings is 1. The first-order chi connectivity index (χ1) is 12.3. The van der Waals surface area contributed by atoms with E-state index < -0.39 is 10.0 Å². The summed E-state index contributed by atoms with van der Waals surface area (Å²) in [5.41, 5.74) is 1.32. The lowest BCUT2D eigenvalue weighted by Gasteiger charge is -2.29. The van der Waals surface area contributed by atoms with E-state index in [1.165, 1.54) is 11.3 Å². The van der Waals surface area contributed by atoms with E-state index >= 15 is 0 Å². The third-order valence-electron chi connectivity index (χ3n) is 4.53. The molecular weight excluding hydrogens is 370 g/mol. The van der Waals surface area contributed by atoms with E-state index in [9.17, 15) is 13.2 Å². The molecule has 1 aliphatic rings. The standard InChI is InChI=1S/C18H23N3O3S2/c1-13-7-9-21(10-8-13)26(23,24)17-5-3-15(4-6-17)20-18(22)11-16-12-25-14(2)19-16/h3-6,12-13H,7-11H2,1-2H3,(H,20,22). The van der Waals surface area contributed by atoms with Crippen LogP contribution in [-0.2, 0) is 21.2 Å². The number of amides is 1. The number of rotatable bonds is 5. The fourth-order valence-electron chi connectivity index (χ4n) is 2.94. The van der Waals surface area contributed by atoms with Gasteiger partial charge >= 0.3 is 0 Å². The number of nitrogens with one attached hydrogen (secondary N) is 1. The van der Waals surface area contributed by atoms with Gasteiger partial charge in [0.05, 0.1) is 22.0 Å². The van der Waals surface area contributed by atoms with E-state index in [0.29, 0.717) is 24.7 Å². The fraction of sp³-hybridized carbons (Fsp3) is 0.444. The van der Waals surface area contributed by atoms with E-state index in [-0.39, 0.29) is 17.2 Å². The van der Waals surface area contributed by atoms with Crippen molar-refractivity contribution in [3.05, 3.63) is 40.3 Å². The van der Waals surface area contributed by atoms with Crippen LogP contribution in [0.4, 0.5) is 5.69 Å². The molecule has 1 aromatic carbocycles. The molecule has 1 N–H and O–H groups in total. The van der Waals surface area contributed by atoms with Gasteiger partial charge in [-0.3, -0.25) is 4.79 Å². The maximum Gasteiger partial charge on any atom is 0.243 e. The van der Waals surface area contributed by atoms with Crippen molar-refractivity contribution in [1.29, 1.82) is 0 Å². The Morgan fingerprint density at radius 2 is 1.92 bits per heavy atom. The van der Waals surface area contributed by atoms with Crippen molar-refractivity contribution < 1.29 is 13.2 Å². The number of carbonyl (C=O) groups is 1. The smallest absolute Gasteiger partial charge is 0.243 e. The van der Waals surface area contributed by atoms with E-state index in [0.717, 1.165) is 23.5 Å². The van der Waals surface area contributed by atoms with Crippen LogP contribution < -0.4 is 5.32 Å². The zero-order valence-electron chi connectivity index (χ0n) is 14.9. The second-order valence-electron chi connectivity index (χ2n) is 6.69. The van der Waals surface area contributed by atoms with Crippen LogP contribution in [-0.4, -0.2) is 36.7 Å². The second-order valence-corrected chi connectivity index (χ2v) is 9.69. The van der Waals surface area contributed by atoms with Gasteiger partial charge in [-0.15, -0.1) is 11.3 Å². The van der Waals surface area contributed by atoms with Gasteiger partial charge < -0.3 is 5.32 Å². The van der Waals surface area contributed by atoms with Crippen molar-refractivity contribution in [2.45, 2.75) is 38.0 Å². The monoisotopic (exact) mass is 393 g/mol. The summed E-state index contributed by atoms with van der Waals surface area (Å²) in [5.74, 6) is 0.400. The minimum atomic E-state index is -3.46. The van der Waals surface area contributed by atoms with Crippen LogP contribution >= 0.6 is 11.3 Å². The Morgan fingerprint density at radius 3 is 2.50 bits per heavy atom. The highest BCUT2D eigenvalue weighted by molar-refractivity contribution is 7.89. The highest BCUT2D eigenvalue weighted by Crippen LogP contribution is 2.24. The van der Waals surface area contributed by atoms with Gasteiger partial charge in [0.25, 0.3) is 0 Å². The third-order valence-corrected chi connectivity index (χ3v) is 7.26. The molecule has 0 spiro atoms. The Morgan fingerprint density at radius 1 is 1.27 bits per heavy atom. The lowest BCUT2D eigenvalue weighted by Crippen LogP contribution is -2.37. The minimum absolute atomic E-state index is 0.170. The minimum Gasteiger partial charge on any atom is -0.326 e. The Hall–Kier alpha value is -1.77.